The Morgan fingerprint density at radius 3 is 3.00 bits per heavy atom. The summed E-state index contributed by atoms with van der Waals surface area (Å²) in [6, 6.07) is -3.40. The van der Waals surface area contributed by atoms with Gasteiger partial charge in [0.25, 0.3) is 10.0 Å². The summed E-state index contributed by atoms with van der Waals surface area (Å²) >= 11 is 0.166. The van der Waals surface area contributed by atoms with E-state index in [1.165, 1.54) is 6.92 Å². The van der Waals surface area contributed by atoms with Gasteiger partial charge in [0.15, 0.2) is 0 Å². The molecule has 8 nitrogen and oxygen atoms in total. The van der Waals surface area contributed by atoms with Crippen molar-refractivity contribution in [3.8, 4) is 0 Å². The van der Waals surface area contributed by atoms with Crippen LogP contribution < -0.4 is 10.5 Å². The Hall–Kier alpha value is -0.560. The summed E-state index contributed by atoms with van der Waals surface area (Å²) in [4.78, 5) is 0. The number of nitrogens with two attached hydrogens (primary N) is 1. The topological polar surface area (TPSA) is 119 Å². The third-order valence-corrected chi connectivity index (χ3v) is 7.45. The molecule has 23 heavy (non-hydrogen) atoms. The second kappa shape index (κ2) is 7.13. The molecule has 0 fully saturated rings. The van der Waals surface area contributed by atoms with Crippen LogP contribution >= 0.6 is 11.3 Å². The van der Waals surface area contributed by atoms with Crippen molar-refractivity contribution >= 4 is 31.4 Å². The SMILES string of the molecule is [2H]c1c(S(N)(=O)=O)sc2c1[C@@]([2H])(NCC)C([2H])([2H])N(CCC([2H])([2H])OC)S2(=O)=O. The highest BCUT2D eigenvalue weighted by Crippen LogP contribution is 2.39. The van der Waals surface area contributed by atoms with Gasteiger partial charge in [-0.25, -0.2) is 22.0 Å². The number of rotatable bonds is 7. The minimum absolute atomic E-state index is 0.00473. The van der Waals surface area contributed by atoms with E-state index in [4.69, 9.17) is 13.4 Å². The molecule has 2 rings (SSSR count). The van der Waals surface area contributed by atoms with Crippen LogP contribution in [-0.2, 0) is 24.8 Å². The van der Waals surface area contributed by atoms with Gasteiger partial charge in [-0.2, -0.15) is 4.31 Å². The molecule has 0 radical (unpaired) electrons. The minimum Gasteiger partial charge on any atom is -0.385 e. The van der Waals surface area contributed by atoms with E-state index < -0.39 is 72.1 Å². The predicted octanol–water partition coefficient (Wildman–Crippen LogP) is 0.0869. The van der Waals surface area contributed by atoms with Crippen molar-refractivity contribution < 1.29 is 29.8 Å². The number of sulfonamides is 2. The molecule has 0 saturated carbocycles. The number of fused-ring (bicyclic) bond motifs is 1. The van der Waals surface area contributed by atoms with Gasteiger partial charge in [-0.3, -0.25) is 0 Å². The van der Waals surface area contributed by atoms with Crippen LogP contribution in [0.5, 0.6) is 0 Å². The zero-order valence-corrected chi connectivity index (χ0v) is 14.9. The number of thiophene rings is 1. The van der Waals surface area contributed by atoms with Crippen molar-refractivity contribution in [2.75, 3.05) is 33.3 Å². The first-order chi connectivity index (χ1) is 13.0. The highest BCUT2D eigenvalue weighted by Gasteiger charge is 2.39. The molecule has 0 saturated heterocycles. The Morgan fingerprint density at radius 1 is 1.74 bits per heavy atom. The average molecular weight is 390 g/mol. The lowest BCUT2D eigenvalue weighted by atomic mass is 10.1. The third kappa shape index (κ3) is 3.92. The smallest absolute Gasteiger partial charge is 0.252 e. The maximum Gasteiger partial charge on any atom is 0.252 e. The summed E-state index contributed by atoms with van der Waals surface area (Å²) in [6.45, 7) is -4.44. The van der Waals surface area contributed by atoms with Gasteiger partial charge in [-0.05, 0) is 19.0 Å². The molecule has 0 aromatic carbocycles. The first kappa shape index (κ1) is 11.9. The molecule has 3 N–H and O–H groups in total. The van der Waals surface area contributed by atoms with Crippen LogP contribution in [0.1, 0.15) is 33.2 Å². The van der Waals surface area contributed by atoms with Crippen LogP contribution in [0.3, 0.4) is 0 Å². The van der Waals surface area contributed by atoms with Gasteiger partial charge in [0, 0.05) is 41.0 Å². The minimum atomic E-state index is -4.72. The van der Waals surface area contributed by atoms with Crippen molar-refractivity contribution in [3.63, 3.8) is 0 Å². The van der Waals surface area contributed by atoms with E-state index >= 15 is 0 Å². The number of nitrogens with one attached hydrogen (secondary N) is 1. The van der Waals surface area contributed by atoms with Gasteiger partial charge in [-0.1, -0.05) is 6.92 Å². The average Bonchev–Trinajstić information content (AvgIpc) is 2.92. The van der Waals surface area contributed by atoms with E-state index in [-0.39, 0.29) is 22.2 Å². The highest BCUT2D eigenvalue weighted by molar-refractivity contribution is 7.94. The van der Waals surface area contributed by atoms with Crippen molar-refractivity contribution in [1.29, 1.82) is 0 Å². The molecule has 1 aliphatic heterocycles. The predicted molar refractivity (Wildman–Crippen MR) is 87.4 cm³/mol. The summed E-state index contributed by atoms with van der Waals surface area (Å²) in [6.07, 6.45) is -0.555. The van der Waals surface area contributed by atoms with Crippen LogP contribution in [0.4, 0.5) is 0 Å². The number of hydrogen-bond donors (Lipinski definition) is 2. The van der Waals surface area contributed by atoms with Gasteiger partial charge < -0.3 is 10.1 Å². The molecule has 1 atom stereocenters. The molecule has 132 valence electrons. The van der Waals surface area contributed by atoms with Gasteiger partial charge >= 0.3 is 0 Å². The Bertz CT molecular complexity index is 1010. The lowest BCUT2D eigenvalue weighted by Crippen LogP contribution is -2.43. The standard InChI is InChI=1S/C12H21N3O5S3/c1-3-14-10-8-15(5-4-6-20-2)23(18,19)12-9(10)7-11(21-12)22(13,16)17/h7,10,14H,3-6,8H2,1-2H3,(H2,13,16,17)/t10-/m0/s1/i6D2,7D,8D2,10D. The van der Waals surface area contributed by atoms with Crippen LogP contribution in [0.2, 0.25) is 0 Å². The van der Waals surface area contributed by atoms with E-state index in [9.17, 15) is 16.8 Å². The molecule has 0 bridgehead atoms. The van der Waals surface area contributed by atoms with Gasteiger partial charge in [0.1, 0.15) is 8.42 Å². The Labute approximate surface area is 149 Å². The third-order valence-electron chi connectivity index (χ3n) is 2.80. The number of hydrogen-bond acceptors (Lipinski definition) is 7. The van der Waals surface area contributed by atoms with E-state index in [1.54, 1.807) is 0 Å². The fraction of sp³-hybridized carbons (Fsp3) is 0.667. The van der Waals surface area contributed by atoms with Crippen LogP contribution in [0.15, 0.2) is 14.5 Å². The molecule has 11 heteroatoms. The first-order valence-electron chi connectivity index (χ1n) is 9.47. The van der Waals surface area contributed by atoms with Crippen molar-refractivity contribution in [2.24, 2.45) is 5.14 Å². The molecule has 1 aliphatic rings. The number of likely N-dealkylation sites (N-methyl/N-ethyl adjacent to an activating group) is 1. The van der Waals surface area contributed by atoms with Crippen molar-refractivity contribution in [1.82, 2.24) is 9.62 Å². The summed E-state index contributed by atoms with van der Waals surface area (Å²) < 4.78 is 102. The summed E-state index contributed by atoms with van der Waals surface area (Å²) in [5.74, 6) is 0. The number of methoxy groups -OCH3 is 1. The molecule has 1 aromatic rings. The largest absolute Gasteiger partial charge is 0.385 e. The normalized spacial score (nSPS) is 31.1. The van der Waals surface area contributed by atoms with E-state index in [2.05, 4.69) is 10.1 Å². The maximum atomic E-state index is 13.1. The Kier molecular flexibility index (Phi) is 3.69. The number of ether oxygens (including phenoxy) is 1. The summed E-state index contributed by atoms with van der Waals surface area (Å²) in [5.41, 5.74) is -0.649. The van der Waals surface area contributed by atoms with E-state index in [1.807, 2.05) is 0 Å². The highest BCUT2D eigenvalue weighted by atomic mass is 32.3. The molecule has 0 aliphatic carbocycles. The van der Waals surface area contributed by atoms with Gasteiger partial charge in [0.2, 0.25) is 10.0 Å². The van der Waals surface area contributed by atoms with Crippen LogP contribution in [0, 0.1) is 0 Å². The molecule has 0 spiro atoms. The molecule has 2 heterocycles. The fourth-order valence-electron chi connectivity index (χ4n) is 1.86. The molecule has 1 aromatic heterocycles. The Balaban J connectivity index is 2.82. The number of primary sulfonamides is 1. The van der Waals surface area contributed by atoms with Crippen LogP contribution in [0.25, 0.3) is 0 Å². The monoisotopic (exact) mass is 389 g/mol. The fourth-order valence-corrected chi connectivity index (χ4v) is 5.65. The second-order valence-corrected chi connectivity index (χ2v) is 9.25. The molecular formula is C12H21N3O5S3. The number of nitrogens with zero attached hydrogens (tertiary/aromatic N) is 1. The summed E-state index contributed by atoms with van der Waals surface area (Å²) in [5, 5.41) is 7.57. The quantitative estimate of drug-likeness (QED) is 0.682. The first-order valence-corrected chi connectivity index (χ1v) is 10.3. The summed E-state index contributed by atoms with van der Waals surface area (Å²) in [7, 11) is -8.16. The van der Waals surface area contributed by atoms with Gasteiger partial charge in [0.05, 0.1) is 5.48 Å². The Morgan fingerprint density at radius 2 is 2.43 bits per heavy atom. The van der Waals surface area contributed by atoms with Crippen molar-refractivity contribution in [2.45, 2.75) is 27.8 Å². The van der Waals surface area contributed by atoms with E-state index in [0.717, 1.165) is 7.11 Å². The molecule has 0 unspecified atom stereocenters. The van der Waals surface area contributed by atoms with E-state index in [0.29, 0.717) is 0 Å². The van der Waals surface area contributed by atoms with Gasteiger partial charge in [-0.15, -0.1) is 11.3 Å². The maximum absolute atomic E-state index is 13.1. The lowest BCUT2D eigenvalue weighted by Gasteiger charge is -2.32. The lowest BCUT2D eigenvalue weighted by molar-refractivity contribution is 0.185. The zero-order valence-electron chi connectivity index (χ0n) is 18.4. The van der Waals surface area contributed by atoms with Crippen LogP contribution in [-0.4, -0.2) is 54.4 Å². The molecular weight excluding hydrogens is 362 g/mol. The second-order valence-electron chi connectivity index (χ2n) is 4.41. The molecule has 0 amide bonds. The zero-order chi connectivity index (χ0) is 22.6. The van der Waals surface area contributed by atoms with Crippen molar-refractivity contribution in [3.05, 3.63) is 11.6 Å².